The van der Waals surface area contributed by atoms with Gasteiger partial charge in [-0.2, -0.15) is 5.26 Å². The fraction of sp³-hybridized carbons (Fsp3) is 0.238. The highest BCUT2D eigenvalue weighted by molar-refractivity contribution is 6.31. The Morgan fingerprint density at radius 1 is 1.19 bits per heavy atom. The molecule has 0 aliphatic carbocycles. The Bertz CT molecular complexity index is 901. The minimum atomic E-state index is -0.515. The van der Waals surface area contributed by atoms with E-state index in [2.05, 4.69) is 5.32 Å². The first-order valence-corrected chi connectivity index (χ1v) is 8.95. The van der Waals surface area contributed by atoms with Crippen molar-refractivity contribution in [3.05, 3.63) is 58.1 Å². The van der Waals surface area contributed by atoms with Gasteiger partial charge in [0.1, 0.15) is 23.1 Å². The highest BCUT2D eigenvalue weighted by atomic mass is 35.5. The molecule has 2 rings (SSSR count). The first-order chi connectivity index (χ1) is 13.0. The van der Waals surface area contributed by atoms with Crippen molar-refractivity contribution >= 4 is 29.3 Å². The number of anilines is 1. The SMILES string of the molecule is CCOc1ccc(/C=C(\C#N)C(=O)Nc2cc(Cl)ccc2C)c(OCC)c1. The van der Waals surface area contributed by atoms with E-state index in [0.717, 1.165) is 5.56 Å². The zero-order chi connectivity index (χ0) is 19.8. The topological polar surface area (TPSA) is 71.3 Å². The maximum Gasteiger partial charge on any atom is 0.266 e. The molecule has 0 heterocycles. The summed E-state index contributed by atoms with van der Waals surface area (Å²) in [5, 5.41) is 12.7. The van der Waals surface area contributed by atoms with Crippen molar-refractivity contribution in [2.45, 2.75) is 20.8 Å². The Kier molecular flexibility index (Phi) is 7.27. The molecule has 0 aromatic heterocycles. The number of nitriles is 1. The molecular weight excluding hydrogens is 364 g/mol. The molecule has 1 amide bonds. The molecule has 0 spiro atoms. The summed E-state index contributed by atoms with van der Waals surface area (Å²) in [6.45, 7) is 6.59. The van der Waals surface area contributed by atoms with E-state index < -0.39 is 5.91 Å². The minimum absolute atomic E-state index is 0.0421. The van der Waals surface area contributed by atoms with Gasteiger partial charge in [-0.25, -0.2) is 0 Å². The molecule has 27 heavy (non-hydrogen) atoms. The number of ether oxygens (including phenoxy) is 2. The van der Waals surface area contributed by atoms with Crippen molar-refractivity contribution in [1.82, 2.24) is 0 Å². The molecule has 0 aliphatic heterocycles. The van der Waals surface area contributed by atoms with Crippen molar-refractivity contribution in [2.75, 3.05) is 18.5 Å². The van der Waals surface area contributed by atoms with Crippen molar-refractivity contribution in [3.8, 4) is 17.6 Å². The predicted molar refractivity (Wildman–Crippen MR) is 107 cm³/mol. The first kappa shape index (κ1) is 20.3. The standard InChI is InChI=1S/C21H21ClN2O3/c1-4-26-18-9-7-15(20(12-18)27-5-2)10-16(13-23)21(25)24-19-11-17(22)8-6-14(19)3/h6-12H,4-5H2,1-3H3,(H,24,25)/b16-10+. The van der Waals surface area contributed by atoms with E-state index in [1.54, 1.807) is 36.4 Å². The number of nitrogens with one attached hydrogen (secondary N) is 1. The largest absolute Gasteiger partial charge is 0.494 e. The van der Waals surface area contributed by atoms with Gasteiger partial charge >= 0.3 is 0 Å². The van der Waals surface area contributed by atoms with E-state index in [1.807, 2.05) is 26.8 Å². The zero-order valence-electron chi connectivity index (χ0n) is 15.5. The maximum atomic E-state index is 12.5. The second-order valence-electron chi connectivity index (χ2n) is 5.65. The summed E-state index contributed by atoms with van der Waals surface area (Å²) in [6.07, 6.45) is 1.50. The van der Waals surface area contributed by atoms with Crippen LogP contribution in [0.2, 0.25) is 5.02 Å². The van der Waals surface area contributed by atoms with Crippen LogP contribution in [0.15, 0.2) is 42.0 Å². The van der Waals surface area contributed by atoms with E-state index in [-0.39, 0.29) is 5.57 Å². The van der Waals surface area contributed by atoms with Gasteiger partial charge in [0.15, 0.2) is 0 Å². The Morgan fingerprint density at radius 3 is 2.59 bits per heavy atom. The monoisotopic (exact) mass is 384 g/mol. The van der Waals surface area contributed by atoms with Gasteiger partial charge in [-0.3, -0.25) is 4.79 Å². The second-order valence-corrected chi connectivity index (χ2v) is 6.09. The van der Waals surface area contributed by atoms with Crippen LogP contribution in [-0.2, 0) is 4.79 Å². The second kappa shape index (κ2) is 9.65. The van der Waals surface area contributed by atoms with Gasteiger partial charge in [-0.15, -0.1) is 0 Å². The highest BCUT2D eigenvalue weighted by Crippen LogP contribution is 2.28. The van der Waals surface area contributed by atoms with E-state index in [4.69, 9.17) is 21.1 Å². The number of amides is 1. The number of hydrogen-bond acceptors (Lipinski definition) is 4. The van der Waals surface area contributed by atoms with Crippen LogP contribution in [0.4, 0.5) is 5.69 Å². The minimum Gasteiger partial charge on any atom is -0.494 e. The number of aryl methyl sites for hydroxylation is 1. The third kappa shape index (κ3) is 5.50. The van der Waals surface area contributed by atoms with Crippen LogP contribution < -0.4 is 14.8 Å². The number of carbonyl (C=O) groups is 1. The Morgan fingerprint density at radius 2 is 1.93 bits per heavy atom. The number of carbonyl (C=O) groups excluding carboxylic acids is 1. The van der Waals surface area contributed by atoms with Crippen LogP contribution in [0, 0.1) is 18.3 Å². The summed E-state index contributed by atoms with van der Waals surface area (Å²) in [5.74, 6) is 0.692. The van der Waals surface area contributed by atoms with Crippen molar-refractivity contribution in [1.29, 1.82) is 5.26 Å². The van der Waals surface area contributed by atoms with Crippen molar-refractivity contribution < 1.29 is 14.3 Å². The third-order valence-electron chi connectivity index (χ3n) is 3.71. The fourth-order valence-electron chi connectivity index (χ4n) is 2.39. The summed E-state index contributed by atoms with van der Waals surface area (Å²) in [4.78, 5) is 12.5. The van der Waals surface area contributed by atoms with Crippen LogP contribution in [-0.4, -0.2) is 19.1 Å². The van der Waals surface area contributed by atoms with E-state index in [9.17, 15) is 10.1 Å². The molecule has 1 N–H and O–H groups in total. The Balaban J connectivity index is 2.33. The molecule has 2 aromatic rings. The summed E-state index contributed by atoms with van der Waals surface area (Å²) >= 11 is 5.98. The lowest BCUT2D eigenvalue weighted by Gasteiger charge is -2.11. The molecule has 140 valence electrons. The molecule has 0 unspecified atom stereocenters. The van der Waals surface area contributed by atoms with E-state index in [0.29, 0.717) is 41.0 Å². The highest BCUT2D eigenvalue weighted by Gasteiger charge is 2.13. The van der Waals surface area contributed by atoms with Crippen molar-refractivity contribution in [3.63, 3.8) is 0 Å². The molecule has 0 fully saturated rings. The molecule has 2 aromatic carbocycles. The lowest BCUT2D eigenvalue weighted by atomic mass is 10.1. The summed E-state index contributed by atoms with van der Waals surface area (Å²) in [7, 11) is 0. The average molecular weight is 385 g/mol. The first-order valence-electron chi connectivity index (χ1n) is 8.57. The van der Waals surface area contributed by atoms with Gasteiger partial charge in [0.05, 0.1) is 13.2 Å². The molecule has 0 saturated carbocycles. The lowest BCUT2D eigenvalue weighted by Crippen LogP contribution is -2.14. The normalized spacial score (nSPS) is 10.9. The Labute approximate surface area is 164 Å². The van der Waals surface area contributed by atoms with Gasteiger partial charge in [0.25, 0.3) is 5.91 Å². The number of hydrogen-bond donors (Lipinski definition) is 1. The molecular formula is C21H21ClN2O3. The van der Waals surface area contributed by atoms with Gasteiger partial charge in [-0.05, 0) is 56.7 Å². The van der Waals surface area contributed by atoms with Crippen LogP contribution in [0.1, 0.15) is 25.0 Å². The van der Waals surface area contributed by atoms with Gasteiger partial charge in [-0.1, -0.05) is 17.7 Å². The van der Waals surface area contributed by atoms with Gasteiger partial charge < -0.3 is 14.8 Å². The Hall–Kier alpha value is -2.97. The van der Waals surface area contributed by atoms with Gasteiger partial charge in [0.2, 0.25) is 0 Å². The molecule has 5 nitrogen and oxygen atoms in total. The average Bonchev–Trinajstić information content (AvgIpc) is 2.64. The molecule has 6 heteroatoms. The van der Waals surface area contributed by atoms with Crippen LogP contribution in [0.5, 0.6) is 11.5 Å². The van der Waals surface area contributed by atoms with Gasteiger partial charge in [0, 0.05) is 22.3 Å². The summed E-state index contributed by atoms with van der Waals surface area (Å²) in [6, 6.07) is 12.4. The van der Waals surface area contributed by atoms with Crippen LogP contribution in [0.25, 0.3) is 6.08 Å². The maximum absolute atomic E-state index is 12.5. The molecule has 0 bridgehead atoms. The molecule has 0 aliphatic rings. The number of nitrogens with zero attached hydrogens (tertiary/aromatic N) is 1. The number of halogens is 1. The third-order valence-corrected chi connectivity index (χ3v) is 3.94. The molecule has 0 radical (unpaired) electrons. The molecule has 0 atom stereocenters. The predicted octanol–water partition coefficient (Wildman–Crippen LogP) is 4.99. The summed E-state index contributed by atoms with van der Waals surface area (Å²) in [5.41, 5.74) is 1.99. The van der Waals surface area contributed by atoms with Crippen molar-refractivity contribution in [2.24, 2.45) is 0 Å². The fourth-order valence-corrected chi connectivity index (χ4v) is 2.57. The van der Waals surface area contributed by atoms with E-state index in [1.165, 1.54) is 6.08 Å². The van der Waals surface area contributed by atoms with Crippen LogP contribution >= 0.6 is 11.6 Å². The number of rotatable bonds is 7. The zero-order valence-corrected chi connectivity index (χ0v) is 16.3. The number of benzene rings is 2. The summed E-state index contributed by atoms with van der Waals surface area (Å²) < 4.78 is 11.1. The van der Waals surface area contributed by atoms with E-state index >= 15 is 0 Å². The quantitative estimate of drug-likeness (QED) is 0.539. The van der Waals surface area contributed by atoms with Crippen LogP contribution in [0.3, 0.4) is 0 Å². The lowest BCUT2D eigenvalue weighted by molar-refractivity contribution is -0.112. The molecule has 0 saturated heterocycles. The smallest absolute Gasteiger partial charge is 0.266 e.